The number of ether oxygens (including phenoxy) is 3. The second-order valence-electron chi connectivity index (χ2n) is 9.30. The molecule has 2 aliphatic heterocycles. The summed E-state index contributed by atoms with van der Waals surface area (Å²) in [6.07, 6.45) is 0.853. The SMILES string of the molecule is CCCOc1ccc(C2/C(=C(\O)c3ccc(C)cc3)C(=O)C(=O)N2CCN2CCOCC2)cc1OCC. The van der Waals surface area contributed by atoms with Crippen molar-refractivity contribution in [2.45, 2.75) is 33.2 Å². The Labute approximate surface area is 218 Å². The number of nitrogens with zero attached hydrogens (tertiary/aromatic N) is 2. The number of benzene rings is 2. The molecule has 1 N–H and O–H groups in total. The Balaban J connectivity index is 1.76. The Kier molecular flexibility index (Phi) is 8.84. The second-order valence-corrected chi connectivity index (χ2v) is 9.30. The molecular weight excluding hydrogens is 472 g/mol. The second kappa shape index (κ2) is 12.3. The lowest BCUT2D eigenvalue weighted by atomic mass is 9.94. The van der Waals surface area contributed by atoms with Gasteiger partial charge in [0.2, 0.25) is 0 Å². The van der Waals surface area contributed by atoms with Gasteiger partial charge in [0.15, 0.2) is 11.5 Å². The van der Waals surface area contributed by atoms with Gasteiger partial charge >= 0.3 is 0 Å². The molecule has 1 unspecified atom stereocenters. The fourth-order valence-corrected chi connectivity index (χ4v) is 4.69. The molecular formula is C29H36N2O6. The number of amides is 1. The fourth-order valence-electron chi connectivity index (χ4n) is 4.69. The van der Waals surface area contributed by atoms with Gasteiger partial charge in [0.25, 0.3) is 11.7 Å². The molecule has 0 spiro atoms. The molecule has 2 aliphatic rings. The van der Waals surface area contributed by atoms with Gasteiger partial charge in [0, 0.05) is 31.7 Å². The number of Topliss-reactive ketones (excluding diaryl/α,β-unsaturated/α-hetero) is 1. The molecule has 0 radical (unpaired) electrons. The number of hydrogen-bond donors (Lipinski definition) is 1. The van der Waals surface area contributed by atoms with E-state index in [1.165, 1.54) is 0 Å². The molecule has 2 aromatic rings. The Morgan fingerprint density at radius 3 is 2.41 bits per heavy atom. The molecule has 198 valence electrons. The van der Waals surface area contributed by atoms with E-state index in [1.807, 2.05) is 51.1 Å². The predicted molar refractivity (Wildman–Crippen MR) is 141 cm³/mol. The maximum absolute atomic E-state index is 13.4. The molecule has 2 aromatic carbocycles. The standard InChI is InChI=1S/C29H36N2O6/c1-4-16-37-23-11-10-22(19-24(23)36-5-2)26-25(27(32)21-8-6-20(3)7-9-21)28(33)29(34)31(26)13-12-30-14-17-35-18-15-30/h6-11,19,26,32H,4-5,12-18H2,1-3H3/b27-25+. The summed E-state index contributed by atoms with van der Waals surface area (Å²) in [6, 6.07) is 12.0. The largest absolute Gasteiger partial charge is 0.507 e. The smallest absolute Gasteiger partial charge is 0.295 e. The molecule has 8 nitrogen and oxygen atoms in total. The normalized spacial score (nSPS) is 19.9. The van der Waals surface area contributed by atoms with Gasteiger partial charge in [0.05, 0.1) is 38.0 Å². The van der Waals surface area contributed by atoms with Gasteiger partial charge in [-0.2, -0.15) is 0 Å². The third kappa shape index (κ3) is 5.97. The quantitative estimate of drug-likeness (QED) is 0.295. The van der Waals surface area contributed by atoms with E-state index in [-0.39, 0.29) is 11.3 Å². The van der Waals surface area contributed by atoms with Gasteiger partial charge in [-0.1, -0.05) is 42.8 Å². The Hall–Kier alpha value is -3.36. The molecule has 0 saturated carbocycles. The number of aliphatic hydroxyl groups is 1. The molecule has 2 heterocycles. The number of hydrogen-bond acceptors (Lipinski definition) is 7. The summed E-state index contributed by atoms with van der Waals surface area (Å²) in [5, 5.41) is 11.3. The first kappa shape index (κ1) is 26.7. The summed E-state index contributed by atoms with van der Waals surface area (Å²) in [4.78, 5) is 30.4. The Morgan fingerprint density at radius 2 is 1.73 bits per heavy atom. The van der Waals surface area contributed by atoms with Crippen LogP contribution in [0.3, 0.4) is 0 Å². The summed E-state index contributed by atoms with van der Waals surface area (Å²) in [7, 11) is 0. The van der Waals surface area contributed by atoms with Crippen molar-refractivity contribution in [3.63, 3.8) is 0 Å². The number of carbonyl (C=O) groups is 2. The molecule has 0 aromatic heterocycles. The molecule has 37 heavy (non-hydrogen) atoms. The van der Waals surface area contributed by atoms with Gasteiger partial charge in [0.1, 0.15) is 5.76 Å². The number of likely N-dealkylation sites (tertiary alicyclic amines) is 1. The topological polar surface area (TPSA) is 88.5 Å². The predicted octanol–water partition coefficient (Wildman–Crippen LogP) is 3.94. The van der Waals surface area contributed by atoms with Crippen LogP contribution in [0.4, 0.5) is 0 Å². The van der Waals surface area contributed by atoms with Gasteiger partial charge in [-0.15, -0.1) is 0 Å². The van der Waals surface area contributed by atoms with Crippen molar-refractivity contribution < 1.29 is 28.9 Å². The van der Waals surface area contributed by atoms with Crippen LogP contribution >= 0.6 is 0 Å². The molecule has 0 aliphatic carbocycles. The molecule has 2 fully saturated rings. The maximum Gasteiger partial charge on any atom is 0.295 e. The number of carbonyl (C=O) groups excluding carboxylic acids is 2. The van der Waals surface area contributed by atoms with Crippen LogP contribution in [-0.2, 0) is 14.3 Å². The number of morpholine rings is 1. The number of aryl methyl sites for hydroxylation is 1. The van der Waals surface area contributed by atoms with E-state index in [0.717, 1.165) is 25.1 Å². The summed E-state index contributed by atoms with van der Waals surface area (Å²) in [6.45, 7) is 10.6. The monoisotopic (exact) mass is 508 g/mol. The van der Waals surface area contributed by atoms with Crippen molar-refractivity contribution in [3.8, 4) is 11.5 Å². The highest BCUT2D eigenvalue weighted by Crippen LogP contribution is 2.42. The van der Waals surface area contributed by atoms with Gasteiger partial charge in [-0.05, 0) is 38.0 Å². The molecule has 1 atom stereocenters. The Bertz CT molecular complexity index is 1140. The molecule has 2 saturated heterocycles. The van der Waals surface area contributed by atoms with E-state index >= 15 is 0 Å². The van der Waals surface area contributed by atoms with Gasteiger partial charge in [-0.3, -0.25) is 14.5 Å². The molecule has 1 amide bonds. The van der Waals surface area contributed by atoms with Crippen LogP contribution in [0.5, 0.6) is 11.5 Å². The van der Waals surface area contributed by atoms with Crippen LogP contribution < -0.4 is 9.47 Å². The highest BCUT2D eigenvalue weighted by atomic mass is 16.5. The van der Waals surface area contributed by atoms with Crippen molar-refractivity contribution in [3.05, 3.63) is 64.7 Å². The summed E-state index contributed by atoms with van der Waals surface area (Å²) < 4.78 is 17.2. The van der Waals surface area contributed by atoms with Crippen LogP contribution in [0, 0.1) is 6.92 Å². The highest BCUT2D eigenvalue weighted by Gasteiger charge is 2.46. The van der Waals surface area contributed by atoms with Crippen LogP contribution in [0.1, 0.15) is 43.0 Å². The van der Waals surface area contributed by atoms with Gasteiger partial charge < -0.3 is 24.2 Å². The number of rotatable bonds is 10. The molecule has 0 bridgehead atoms. The van der Waals surface area contributed by atoms with Gasteiger partial charge in [-0.25, -0.2) is 0 Å². The lowest BCUT2D eigenvalue weighted by molar-refractivity contribution is -0.140. The number of aliphatic hydroxyl groups excluding tert-OH is 1. The zero-order valence-corrected chi connectivity index (χ0v) is 21.9. The van der Waals surface area contributed by atoms with Crippen LogP contribution in [0.2, 0.25) is 0 Å². The summed E-state index contributed by atoms with van der Waals surface area (Å²) >= 11 is 0. The summed E-state index contributed by atoms with van der Waals surface area (Å²) in [5.74, 6) is -0.328. The third-order valence-electron chi connectivity index (χ3n) is 6.67. The van der Waals surface area contributed by atoms with Crippen LogP contribution in [0.15, 0.2) is 48.0 Å². The first-order valence-electron chi connectivity index (χ1n) is 13.0. The zero-order valence-electron chi connectivity index (χ0n) is 21.9. The Morgan fingerprint density at radius 1 is 1.00 bits per heavy atom. The summed E-state index contributed by atoms with van der Waals surface area (Å²) in [5.41, 5.74) is 2.29. The van der Waals surface area contributed by atoms with E-state index in [9.17, 15) is 14.7 Å². The first-order chi connectivity index (χ1) is 17.9. The average Bonchev–Trinajstić information content (AvgIpc) is 3.17. The van der Waals surface area contributed by atoms with Crippen LogP contribution in [-0.4, -0.2) is 79.2 Å². The molecule has 4 rings (SSSR count). The third-order valence-corrected chi connectivity index (χ3v) is 6.67. The molecule has 8 heteroatoms. The minimum absolute atomic E-state index is 0.0838. The van der Waals surface area contributed by atoms with Crippen LogP contribution in [0.25, 0.3) is 5.76 Å². The van der Waals surface area contributed by atoms with E-state index in [2.05, 4.69) is 4.90 Å². The number of ketones is 1. The average molecular weight is 509 g/mol. The van der Waals surface area contributed by atoms with Crippen molar-refractivity contribution in [1.82, 2.24) is 9.80 Å². The lowest BCUT2D eigenvalue weighted by Gasteiger charge is -2.31. The van der Waals surface area contributed by atoms with Crippen molar-refractivity contribution in [2.24, 2.45) is 0 Å². The highest BCUT2D eigenvalue weighted by molar-refractivity contribution is 6.46. The maximum atomic E-state index is 13.4. The van der Waals surface area contributed by atoms with Crippen molar-refractivity contribution in [1.29, 1.82) is 0 Å². The van der Waals surface area contributed by atoms with E-state index < -0.39 is 17.7 Å². The van der Waals surface area contributed by atoms with E-state index in [0.29, 0.717) is 62.1 Å². The zero-order chi connectivity index (χ0) is 26.4. The van der Waals surface area contributed by atoms with Crippen molar-refractivity contribution >= 4 is 17.4 Å². The lowest BCUT2D eigenvalue weighted by Crippen LogP contribution is -2.42. The minimum atomic E-state index is -0.748. The van der Waals surface area contributed by atoms with E-state index in [4.69, 9.17) is 14.2 Å². The fraction of sp³-hybridized carbons (Fsp3) is 0.448. The minimum Gasteiger partial charge on any atom is -0.507 e. The van der Waals surface area contributed by atoms with Crippen molar-refractivity contribution in [2.75, 3.05) is 52.6 Å². The first-order valence-corrected chi connectivity index (χ1v) is 13.0. The van der Waals surface area contributed by atoms with E-state index in [1.54, 1.807) is 17.0 Å².